The molecule has 1 aromatic heterocycles. The highest BCUT2D eigenvalue weighted by molar-refractivity contribution is 7.03. The van der Waals surface area contributed by atoms with Gasteiger partial charge in [-0.25, -0.2) is 9.97 Å². The van der Waals surface area contributed by atoms with Crippen LogP contribution in [0, 0.1) is 23.7 Å². The second-order valence-electron chi connectivity index (χ2n) is 20.1. The lowest BCUT2D eigenvalue weighted by molar-refractivity contribution is -0.0397. The topological polar surface area (TPSA) is 25.8 Å². The lowest BCUT2D eigenvalue weighted by atomic mass is 9.42. The summed E-state index contributed by atoms with van der Waals surface area (Å²) in [6.45, 7) is 5.09. The van der Waals surface area contributed by atoms with E-state index in [1.54, 1.807) is 15.9 Å². The molecule has 0 unspecified atom stereocenters. The van der Waals surface area contributed by atoms with Gasteiger partial charge in [0.2, 0.25) is 0 Å². The van der Waals surface area contributed by atoms with Crippen LogP contribution in [0.1, 0.15) is 43.2 Å². The van der Waals surface area contributed by atoms with E-state index in [1.165, 1.54) is 93.1 Å². The van der Waals surface area contributed by atoms with E-state index in [0.29, 0.717) is 11.8 Å². The van der Waals surface area contributed by atoms with Gasteiger partial charge in [-0.05, 0) is 133 Å². The molecule has 5 aliphatic carbocycles. The highest BCUT2D eigenvalue weighted by Gasteiger charge is 2.62. The second-order valence-corrected chi connectivity index (χ2v) is 24.4. The van der Waals surface area contributed by atoms with Gasteiger partial charge in [-0.2, -0.15) is 0 Å². The zero-order valence-corrected chi connectivity index (χ0v) is 36.9. The fraction of sp³-hybridized carbons (Fsp3) is 0.200. The summed E-state index contributed by atoms with van der Waals surface area (Å²) in [5.74, 6) is 2.90. The minimum atomic E-state index is -1.88. The zero-order valence-electron chi connectivity index (χ0n) is 35.9. The molecule has 0 radical (unpaired) electrons. The first-order valence-corrected chi connectivity index (χ1v) is 26.3. The third kappa shape index (κ3) is 4.95. The van der Waals surface area contributed by atoms with Gasteiger partial charge in [-0.15, -0.1) is 0 Å². The van der Waals surface area contributed by atoms with E-state index in [9.17, 15) is 0 Å². The van der Waals surface area contributed by atoms with Crippen molar-refractivity contribution in [2.24, 2.45) is 23.7 Å². The lowest BCUT2D eigenvalue weighted by Gasteiger charge is -2.61. The predicted octanol–water partition coefficient (Wildman–Crippen LogP) is 14.0. The van der Waals surface area contributed by atoms with Crippen molar-refractivity contribution < 1.29 is 0 Å². The largest absolute Gasteiger partial charge is 0.244 e. The number of nitrogens with zero attached hydrogens (tertiary/aromatic N) is 2. The van der Waals surface area contributed by atoms with Gasteiger partial charge >= 0.3 is 0 Å². The molecule has 0 N–H and O–H groups in total. The fourth-order valence-electron chi connectivity index (χ4n) is 14.2. The molecule has 0 saturated heterocycles. The third-order valence-corrected chi connectivity index (χ3v) is 20.2. The average molecular weight is 825 g/mol. The molecule has 15 rings (SSSR count). The summed E-state index contributed by atoms with van der Waals surface area (Å²) in [4.78, 5) is 11.5. The predicted molar refractivity (Wildman–Crippen MR) is 264 cm³/mol. The normalized spacial score (nSPS) is 23.0. The van der Waals surface area contributed by atoms with Gasteiger partial charge in [0.25, 0.3) is 0 Å². The molecule has 8 aromatic carbocycles. The van der Waals surface area contributed by atoms with E-state index in [1.807, 2.05) is 0 Å². The number of hydrogen-bond acceptors (Lipinski definition) is 2. The molecule has 63 heavy (non-hydrogen) atoms. The number of hydrogen-bond donors (Lipinski definition) is 0. The van der Waals surface area contributed by atoms with Crippen molar-refractivity contribution >= 4 is 40.3 Å². The molecule has 2 heterocycles. The Morgan fingerprint density at radius 1 is 0.460 bits per heavy atom. The number of fused-ring (bicyclic) bond motifs is 9. The highest BCUT2D eigenvalue weighted by atomic mass is 28.3. The van der Waals surface area contributed by atoms with Crippen LogP contribution in [0.3, 0.4) is 0 Å². The van der Waals surface area contributed by atoms with Crippen molar-refractivity contribution in [3.8, 4) is 67.0 Å². The monoisotopic (exact) mass is 824 g/mol. The highest BCUT2D eigenvalue weighted by Crippen LogP contribution is 2.71. The number of benzene rings is 8. The quantitative estimate of drug-likeness (QED) is 0.130. The smallest absolute Gasteiger partial charge is 0.113 e. The molecular formula is C60H48N2Si. The molecule has 4 fully saturated rings. The Kier molecular flexibility index (Phi) is 7.48. The SMILES string of the molecule is C[Si]1(C)c2ccccc2-c2ccc(-c3cccc4c3-c3cccc(-c5nc6c(ccc7ccccc76)nc5-c5ccc(-c6ccccc6)cc5)c3C43C4CC5CC(C4)CC3C5)cc21. The van der Waals surface area contributed by atoms with Crippen molar-refractivity contribution in [2.75, 3.05) is 0 Å². The molecule has 0 atom stereocenters. The molecule has 302 valence electrons. The van der Waals surface area contributed by atoms with Gasteiger partial charge in [0, 0.05) is 21.9 Å². The van der Waals surface area contributed by atoms with E-state index in [2.05, 4.69) is 183 Å². The van der Waals surface area contributed by atoms with Crippen LogP contribution in [0.15, 0.2) is 170 Å². The minimum Gasteiger partial charge on any atom is -0.244 e. The molecule has 4 bridgehead atoms. The van der Waals surface area contributed by atoms with Gasteiger partial charge in [-0.1, -0.05) is 177 Å². The average Bonchev–Trinajstić information content (AvgIpc) is 3.76. The Morgan fingerprint density at radius 3 is 1.92 bits per heavy atom. The minimum absolute atomic E-state index is 0.0739. The molecule has 1 spiro atoms. The van der Waals surface area contributed by atoms with Crippen molar-refractivity contribution in [2.45, 2.75) is 50.6 Å². The Bertz CT molecular complexity index is 3350. The van der Waals surface area contributed by atoms with Crippen molar-refractivity contribution in [1.82, 2.24) is 9.97 Å². The van der Waals surface area contributed by atoms with E-state index in [4.69, 9.17) is 9.97 Å². The number of rotatable bonds is 4. The maximum absolute atomic E-state index is 5.86. The molecule has 2 nitrogen and oxygen atoms in total. The maximum atomic E-state index is 5.86. The first-order chi connectivity index (χ1) is 30.9. The summed E-state index contributed by atoms with van der Waals surface area (Å²) in [6.07, 6.45) is 6.72. The molecule has 1 aliphatic heterocycles. The summed E-state index contributed by atoms with van der Waals surface area (Å²) in [5, 5.41) is 5.48. The molecule has 9 aromatic rings. The molecule has 3 heteroatoms. The molecule has 0 amide bonds. The fourth-order valence-corrected chi connectivity index (χ4v) is 17.3. The lowest BCUT2D eigenvalue weighted by Crippen LogP contribution is -2.55. The van der Waals surface area contributed by atoms with Crippen LogP contribution in [0.25, 0.3) is 88.8 Å². The van der Waals surface area contributed by atoms with Crippen LogP contribution in [0.2, 0.25) is 13.1 Å². The van der Waals surface area contributed by atoms with E-state index in [0.717, 1.165) is 45.2 Å². The van der Waals surface area contributed by atoms with Crippen LogP contribution >= 0.6 is 0 Å². The first kappa shape index (κ1) is 36.1. The molecule has 4 saturated carbocycles. The Labute approximate surface area is 370 Å². The maximum Gasteiger partial charge on any atom is 0.113 e. The van der Waals surface area contributed by atoms with Crippen LogP contribution in [-0.2, 0) is 5.41 Å². The van der Waals surface area contributed by atoms with Gasteiger partial charge in [0.1, 0.15) is 8.07 Å². The van der Waals surface area contributed by atoms with Crippen molar-refractivity contribution in [3.63, 3.8) is 0 Å². The Hall–Kier alpha value is -6.42. The second kappa shape index (κ2) is 13.1. The summed E-state index contributed by atoms with van der Waals surface area (Å²) in [5.41, 5.74) is 20.2. The van der Waals surface area contributed by atoms with E-state index < -0.39 is 8.07 Å². The first-order valence-electron chi connectivity index (χ1n) is 23.3. The van der Waals surface area contributed by atoms with Crippen LogP contribution < -0.4 is 10.4 Å². The third-order valence-electron chi connectivity index (χ3n) is 16.7. The van der Waals surface area contributed by atoms with E-state index in [-0.39, 0.29) is 5.41 Å². The number of aromatic nitrogens is 2. The zero-order chi connectivity index (χ0) is 41.6. The standard InChI is InChI=1S/C60H48N2Si/c1-63(2)53-21-9-8-16-47(53)48-28-26-42(35-54(48)63)45-17-11-20-51-55(45)49-18-10-19-50(56(49)60(51)43-31-36-30-37(33-43)34-44(60)32-36)59-57(41-24-22-39(23-25-41)38-12-4-3-5-13-38)61-52-29-27-40-14-6-7-15-46(40)58(52)62-59/h3-29,35-37,43-44H,30-34H2,1-2H3. The summed E-state index contributed by atoms with van der Waals surface area (Å²) >= 11 is 0. The van der Waals surface area contributed by atoms with Crippen LogP contribution in [0.5, 0.6) is 0 Å². The van der Waals surface area contributed by atoms with Crippen molar-refractivity contribution in [1.29, 1.82) is 0 Å². The molecule has 6 aliphatic rings. The Balaban J connectivity index is 1.04. The van der Waals surface area contributed by atoms with Gasteiger partial charge < -0.3 is 0 Å². The summed E-state index contributed by atoms with van der Waals surface area (Å²) in [6, 6.07) is 64.1. The van der Waals surface area contributed by atoms with Crippen LogP contribution in [-0.4, -0.2) is 18.0 Å². The van der Waals surface area contributed by atoms with Crippen molar-refractivity contribution in [3.05, 3.63) is 181 Å². The van der Waals surface area contributed by atoms with E-state index >= 15 is 0 Å². The van der Waals surface area contributed by atoms with Gasteiger partial charge in [0.15, 0.2) is 0 Å². The Morgan fingerprint density at radius 2 is 1.10 bits per heavy atom. The van der Waals surface area contributed by atoms with Gasteiger partial charge in [0.05, 0.1) is 22.4 Å². The summed E-state index contributed by atoms with van der Waals surface area (Å²) in [7, 11) is -1.88. The summed E-state index contributed by atoms with van der Waals surface area (Å²) < 4.78 is 0. The van der Waals surface area contributed by atoms with Gasteiger partial charge in [-0.3, -0.25) is 0 Å². The molecular weight excluding hydrogens is 777 g/mol. The van der Waals surface area contributed by atoms with Crippen LogP contribution in [0.4, 0.5) is 0 Å².